The number of carbonyl (C=O) groups is 1. The number of nitrogen functional groups attached to an aromatic ring is 1. The third kappa shape index (κ3) is 1.76. The molecule has 0 aliphatic heterocycles. The lowest BCUT2D eigenvalue weighted by molar-refractivity contribution is -0.114. The van der Waals surface area contributed by atoms with E-state index in [1.54, 1.807) is 6.07 Å². The molecule has 15 heavy (non-hydrogen) atoms. The Morgan fingerprint density at radius 3 is 2.67 bits per heavy atom. The number of rotatable bonds is 1. The molecular formula is C12H12N2O. The Morgan fingerprint density at radius 2 is 1.93 bits per heavy atom. The number of carbonyl (C=O) groups excluding carboxylic acids is 1. The van der Waals surface area contributed by atoms with E-state index in [4.69, 9.17) is 5.73 Å². The van der Waals surface area contributed by atoms with E-state index in [9.17, 15) is 4.79 Å². The number of hydrogen-bond donors (Lipinski definition) is 2. The van der Waals surface area contributed by atoms with Crippen LogP contribution in [0.2, 0.25) is 0 Å². The van der Waals surface area contributed by atoms with E-state index in [1.165, 1.54) is 6.92 Å². The largest absolute Gasteiger partial charge is 0.397 e. The fourth-order valence-corrected chi connectivity index (χ4v) is 1.60. The van der Waals surface area contributed by atoms with Gasteiger partial charge in [0.25, 0.3) is 0 Å². The van der Waals surface area contributed by atoms with Gasteiger partial charge in [-0.2, -0.15) is 0 Å². The van der Waals surface area contributed by atoms with Crippen LogP contribution in [0, 0.1) is 0 Å². The summed E-state index contributed by atoms with van der Waals surface area (Å²) in [6.45, 7) is 1.47. The predicted octanol–water partition coefficient (Wildman–Crippen LogP) is 2.38. The Balaban J connectivity index is 2.68. The van der Waals surface area contributed by atoms with Gasteiger partial charge in [-0.05, 0) is 11.5 Å². The first-order valence-electron chi connectivity index (χ1n) is 4.73. The molecule has 1 amide bonds. The lowest BCUT2D eigenvalue weighted by atomic mass is 10.1. The van der Waals surface area contributed by atoms with Gasteiger partial charge in [0.1, 0.15) is 0 Å². The number of nitrogens with two attached hydrogens (primary N) is 1. The summed E-state index contributed by atoms with van der Waals surface area (Å²) in [6, 6.07) is 11.5. The van der Waals surface area contributed by atoms with Crippen molar-refractivity contribution in [3.63, 3.8) is 0 Å². The van der Waals surface area contributed by atoms with Crippen LogP contribution in [-0.4, -0.2) is 5.91 Å². The van der Waals surface area contributed by atoms with Crippen LogP contribution < -0.4 is 11.1 Å². The second-order valence-electron chi connectivity index (χ2n) is 3.43. The Labute approximate surface area is 87.9 Å². The molecule has 0 saturated carbocycles. The quantitative estimate of drug-likeness (QED) is 0.694. The van der Waals surface area contributed by atoms with Crippen molar-refractivity contribution in [1.82, 2.24) is 0 Å². The molecule has 3 N–H and O–H groups in total. The Morgan fingerprint density at radius 1 is 1.20 bits per heavy atom. The monoisotopic (exact) mass is 200 g/mol. The van der Waals surface area contributed by atoms with Gasteiger partial charge < -0.3 is 11.1 Å². The van der Waals surface area contributed by atoms with Crippen LogP contribution in [0.1, 0.15) is 6.92 Å². The summed E-state index contributed by atoms with van der Waals surface area (Å²) in [6.07, 6.45) is 0. The first-order chi connectivity index (χ1) is 7.18. The first-order valence-corrected chi connectivity index (χ1v) is 4.73. The molecule has 2 aromatic carbocycles. The van der Waals surface area contributed by atoms with E-state index >= 15 is 0 Å². The van der Waals surface area contributed by atoms with E-state index in [-0.39, 0.29) is 5.91 Å². The van der Waals surface area contributed by atoms with Crippen LogP contribution in [0.4, 0.5) is 11.4 Å². The van der Waals surface area contributed by atoms with Gasteiger partial charge >= 0.3 is 0 Å². The van der Waals surface area contributed by atoms with Gasteiger partial charge in [-0.3, -0.25) is 4.79 Å². The molecule has 0 spiro atoms. The SMILES string of the molecule is CC(=O)Nc1c(N)ccc2ccccc12. The molecule has 2 aromatic rings. The van der Waals surface area contributed by atoms with Crippen molar-refractivity contribution in [2.75, 3.05) is 11.1 Å². The smallest absolute Gasteiger partial charge is 0.221 e. The summed E-state index contributed by atoms with van der Waals surface area (Å²) in [5.74, 6) is -0.113. The topological polar surface area (TPSA) is 55.1 Å². The van der Waals surface area contributed by atoms with Gasteiger partial charge in [0.05, 0.1) is 11.4 Å². The van der Waals surface area contributed by atoms with Gasteiger partial charge in [-0.1, -0.05) is 30.3 Å². The second-order valence-corrected chi connectivity index (χ2v) is 3.43. The average Bonchev–Trinajstić information content (AvgIpc) is 2.22. The zero-order chi connectivity index (χ0) is 10.8. The van der Waals surface area contributed by atoms with E-state index in [0.29, 0.717) is 11.4 Å². The summed E-state index contributed by atoms with van der Waals surface area (Å²) >= 11 is 0. The van der Waals surface area contributed by atoms with Crippen LogP contribution in [0.5, 0.6) is 0 Å². The van der Waals surface area contributed by atoms with Crippen LogP contribution >= 0.6 is 0 Å². The minimum Gasteiger partial charge on any atom is -0.397 e. The number of amides is 1. The maximum Gasteiger partial charge on any atom is 0.221 e. The molecular weight excluding hydrogens is 188 g/mol. The van der Waals surface area contributed by atoms with Crippen molar-refractivity contribution in [2.45, 2.75) is 6.92 Å². The van der Waals surface area contributed by atoms with E-state index < -0.39 is 0 Å². The fraction of sp³-hybridized carbons (Fsp3) is 0.0833. The van der Waals surface area contributed by atoms with Crippen LogP contribution in [0.15, 0.2) is 36.4 Å². The molecule has 3 heteroatoms. The van der Waals surface area contributed by atoms with Gasteiger partial charge in [0, 0.05) is 12.3 Å². The van der Waals surface area contributed by atoms with Crippen LogP contribution in [0.25, 0.3) is 10.8 Å². The zero-order valence-electron chi connectivity index (χ0n) is 8.45. The lowest BCUT2D eigenvalue weighted by Crippen LogP contribution is -2.08. The fourth-order valence-electron chi connectivity index (χ4n) is 1.60. The van der Waals surface area contributed by atoms with Gasteiger partial charge in [-0.15, -0.1) is 0 Å². The summed E-state index contributed by atoms with van der Waals surface area (Å²) < 4.78 is 0. The number of hydrogen-bond acceptors (Lipinski definition) is 2. The van der Waals surface area contributed by atoms with E-state index in [1.807, 2.05) is 30.3 Å². The third-order valence-corrected chi connectivity index (χ3v) is 2.26. The summed E-state index contributed by atoms with van der Waals surface area (Å²) in [7, 11) is 0. The molecule has 0 bridgehead atoms. The van der Waals surface area contributed by atoms with Gasteiger partial charge in [0.15, 0.2) is 0 Å². The predicted molar refractivity (Wildman–Crippen MR) is 62.7 cm³/mol. The van der Waals surface area contributed by atoms with Crippen LogP contribution in [-0.2, 0) is 4.79 Å². The van der Waals surface area contributed by atoms with Crippen molar-refractivity contribution in [1.29, 1.82) is 0 Å². The molecule has 0 radical (unpaired) electrons. The van der Waals surface area contributed by atoms with Gasteiger partial charge in [0.2, 0.25) is 5.91 Å². The second kappa shape index (κ2) is 3.61. The molecule has 76 valence electrons. The Hall–Kier alpha value is -2.03. The first kappa shape index (κ1) is 9.52. The molecule has 0 fully saturated rings. The highest BCUT2D eigenvalue weighted by Gasteiger charge is 2.05. The molecule has 0 aliphatic rings. The van der Waals surface area contributed by atoms with E-state index in [0.717, 1.165) is 10.8 Å². The minimum atomic E-state index is -0.113. The molecule has 0 atom stereocenters. The van der Waals surface area contributed by atoms with Crippen molar-refractivity contribution < 1.29 is 4.79 Å². The Kier molecular flexibility index (Phi) is 2.29. The summed E-state index contributed by atoms with van der Waals surface area (Å²) in [4.78, 5) is 11.0. The van der Waals surface area contributed by atoms with E-state index in [2.05, 4.69) is 5.32 Å². The maximum absolute atomic E-state index is 11.0. The van der Waals surface area contributed by atoms with Crippen LogP contribution in [0.3, 0.4) is 0 Å². The highest BCUT2D eigenvalue weighted by atomic mass is 16.1. The minimum absolute atomic E-state index is 0.113. The van der Waals surface area contributed by atoms with Crippen molar-refractivity contribution in [2.24, 2.45) is 0 Å². The highest BCUT2D eigenvalue weighted by Crippen LogP contribution is 2.29. The average molecular weight is 200 g/mol. The van der Waals surface area contributed by atoms with Crippen molar-refractivity contribution >= 4 is 28.1 Å². The zero-order valence-corrected chi connectivity index (χ0v) is 8.45. The van der Waals surface area contributed by atoms with Gasteiger partial charge in [-0.25, -0.2) is 0 Å². The summed E-state index contributed by atoms with van der Waals surface area (Å²) in [5, 5.41) is 4.78. The molecule has 0 unspecified atom stereocenters. The standard InChI is InChI=1S/C12H12N2O/c1-8(15)14-12-10-5-3-2-4-9(10)6-7-11(12)13/h2-7H,13H2,1H3,(H,14,15). The molecule has 0 aromatic heterocycles. The molecule has 0 heterocycles. The van der Waals surface area contributed by atoms with Crippen molar-refractivity contribution in [3.8, 4) is 0 Å². The normalized spacial score (nSPS) is 10.2. The summed E-state index contributed by atoms with van der Waals surface area (Å²) in [5.41, 5.74) is 7.10. The number of benzene rings is 2. The number of anilines is 2. The van der Waals surface area contributed by atoms with Crippen molar-refractivity contribution in [3.05, 3.63) is 36.4 Å². The third-order valence-electron chi connectivity index (χ3n) is 2.26. The molecule has 0 saturated heterocycles. The molecule has 2 rings (SSSR count). The lowest BCUT2D eigenvalue weighted by Gasteiger charge is -2.09. The number of nitrogens with one attached hydrogen (secondary N) is 1. The molecule has 3 nitrogen and oxygen atoms in total. The maximum atomic E-state index is 11.0. The highest BCUT2D eigenvalue weighted by molar-refractivity contribution is 6.06. The Bertz CT molecular complexity index is 520. The molecule has 0 aliphatic carbocycles. The number of fused-ring (bicyclic) bond motifs is 1.